The van der Waals surface area contributed by atoms with Gasteiger partial charge in [0.2, 0.25) is 11.7 Å². The summed E-state index contributed by atoms with van der Waals surface area (Å²) in [4.78, 5) is 6.90. The third kappa shape index (κ3) is 3.98. The molecule has 0 saturated carbocycles. The standard InChI is InChI=1S/C19H22N4O2.ClH/c1-2-14-3-5-15(6-4-14)17-11-20-8-9-23(17)12-18-21-19(22-25-18)16-7-10-24-13-16;/h3-7,10,13,17,20H,2,8-9,11-12H2,1H3;1H. The van der Waals surface area contributed by atoms with Gasteiger partial charge in [-0.05, 0) is 23.6 Å². The number of halogens is 1. The molecule has 0 spiro atoms. The maximum absolute atomic E-state index is 5.45. The van der Waals surface area contributed by atoms with E-state index in [1.54, 1.807) is 12.5 Å². The van der Waals surface area contributed by atoms with Gasteiger partial charge >= 0.3 is 0 Å². The summed E-state index contributed by atoms with van der Waals surface area (Å²) in [5, 5.41) is 7.54. The first kappa shape index (κ1) is 18.6. The minimum absolute atomic E-state index is 0. The molecular weight excluding hydrogens is 352 g/mol. The fraction of sp³-hybridized carbons (Fsp3) is 0.368. The summed E-state index contributed by atoms with van der Waals surface area (Å²) in [6, 6.07) is 11.0. The van der Waals surface area contributed by atoms with E-state index in [1.165, 1.54) is 11.1 Å². The Balaban J connectivity index is 0.00000196. The number of aryl methyl sites for hydroxylation is 1. The Morgan fingerprint density at radius 3 is 2.81 bits per heavy atom. The lowest BCUT2D eigenvalue weighted by Gasteiger charge is -2.35. The Kier molecular flexibility index (Phi) is 6.08. The summed E-state index contributed by atoms with van der Waals surface area (Å²) >= 11 is 0. The Labute approximate surface area is 159 Å². The van der Waals surface area contributed by atoms with Crippen LogP contribution in [0.2, 0.25) is 0 Å². The van der Waals surface area contributed by atoms with E-state index >= 15 is 0 Å². The fourth-order valence-electron chi connectivity index (χ4n) is 3.24. The second-order valence-corrected chi connectivity index (χ2v) is 6.31. The van der Waals surface area contributed by atoms with Crippen molar-refractivity contribution in [1.29, 1.82) is 0 Å². The van der Waals surface area contributed by atoms with Gasteiger partial charge in [-0.2, -0.15) is 4.98 Å². The highest BCUT2D eigenvalue weighted by atomic mass is 35.5. The van der Waals surface area contributed by atoms with Crippen LogP contribution in [0.15, 0.2) is 51.8 Å². The second-order valence-electron chi connectivity index (χ2n) is 6.31. The van der Waals surface area contributed by atoms with Crippen LogP contribution in [0, 0.1) is 0 Å². The molecule has 2 aromatic heterocycles. The number of nitrogens with zero attached hydrogens (tertiary/aromatic N) is 3. The van der Waals surface area contributed by atoms with Crippen LogP contribution < -0.4 is 5.32 Å². The van der Waals surface area contributed by atoms with Gasteiger partial charge in [0.25, 0.3) is 0 Å². The van der Waals surface area contributed by atoms with Crippen molar-refractivity contribution < 1.29 is 8.94 Å². The second kappa shape index (κ2) is 8.49. The van der Waals surface area contributed by atoms with Gasteiger partial charge in [-0.15, -0.1) is 12.4 Å². The largest absolute Gasteiger partial charge is 0.472 e. The summed E-state index contributed by atoms with van der Waals surface area (Å²) in [6.07, 6.45) is 4.29. The molecule has 0 bridgehead atoms. The zero-order valence-corrected chi connectivity index (χ0v) is 15.5. The first-order valence-corrected chi connectivity index (χ1v) is 8.72. The van der Waals surface area contributed by atoms with E-state index in [2.05, 4.69) is 51.5 Å². The van der Waals surface area contributed by atoms with Crippen molar-refractivity contribution in [1.82, 2.24) is 20.4 Å². The molecule has 0 aliphatic carbocycles. The Hall–Kier alpha value is -2.15. The van der Waals surface area contributed by atoms with Crippen LogP contribution in [0.5, 0.6) is 0 Å². The van der Waals surface area contributed by atoms with E-state index in [1.807, 2.05) is 6.07 Å². The lowest BCUT2D eigenvalue weighted by atomic mass is 10.0. The van der Waals surface area contributed by atoms with Gasteiger partial charge in [0, 0.05) is 25.7 Å². The molecule has 3 aromatic rings. The molecule has 1 aliphatic heterocycles. The highest BCUT2D eigenvalue weighted by Crippen LogP contribution is 2.25. The van der Waals surface area contributed by atoms with Gasteiger partial charge in [0.05, 0.1) is 18.4 Å². The van der Waals surface area contributed by atoms with E-state index in [-0.39, 0.29) is 12.4 Å². The van der Waals surface area contributed by atoms with Crippen molar-refractivity contribution in [2.75, 3.05) is 19.6 Å². The molecule has 1 aliphatic rings. The monoisotopic (exact) mass is 374 g/mol. The average molecular weight is 375 g/mol. The van der Waals surface area contributed by atoms with E-state index in [4.69, 9.17) is 8.94 Å². The average Bonchev–Trinajstić information content (AvgIpc) is 3.34. The van der Waals surface area contributed by atoms with Gasteiger partial charge in [0.15, 0.2) is 0 Å². The topological polar surface area (TPSA) is 67.3 Å². The van der Waals surface area contributed by atoms with Gasteiger partial charge in [0.1, 0.15) is 6.26 Å². The number of hydrogen-bond donors (Lipinski definition) is 1. The maximum atomic E-state index is 5.45. The predicted molar refractivity (Wildman–Crippen MR) is 101 cm³/mol. The first-order valence-electron chi connectivity index (χ1n) is 8.72. The normalized spacial score (nSPS) is 17.8. The van der Waals surface area contributed by atoms with E-state index in [0.717, 1.165) is 31.6 Å². The minimum Gasteiger partial charge on any atom is -0.472 e. The van der Waals surface area contributed by atoms with Crippen LogP contribution in [0.1, 0.15) is 30.0 Å². The molecule has 4 rings (SSSR count). The zero-order valence-electron chi connectivity index (χ0n) is 14.7. The molecule has 1 atom stereocenters. The van der Waals surface area contributed by atoms with Crippen LogP contribution in [0.4, 0.5) is 0 Å². The number of nitrogens with one attached hydrogen (secondary N) is 1. The lowest BCUT2D eigenvalue weighted by Crippen LogP contribution is -2.45. The Morgan fingerprint density at radius 2 is 2.08 bits per heavy atom. The van der Waals surface area contributed by atoms with E-state index in [9.17, 15) is 0 Å². The number of aromatic nitrogens is 2. The van der Waals surface area contributed by atoms with Gasteiger partial charge in [-0.25, -0.2) is 0 Å². The molecule has 1 unspecified atom stereocenters. The van der Waals surface area contributed by atoms with Crippen LogP contribution in [-0.2, 0) is 13.0 Å². The molecule has 1 N–H and O–H groups in total. The molecule has 26 heavy (non-hydrogen) atoms. The van der Waals surface area contributed by atoms with Crippen molar-refractivity contribution in [3.63, 3.8) is 0 Å². The quantitative estimate of drug-likeness (QED) is 0.737. The highest BCUT2D eigenvalue weighted by Gasteiger charge is 2.25. The Bertz CT molecular complexity index is 801. The third-order valence-corrected chi connectivity index (χ3v) is 4.71. The molecule has 0 radical (unpaired) electrons. The van der Waals surface area contributed by atoms with E-state index < -0.39 is 0 Å². The number of rotatable bonds is 5. The number of benzene rings is 1. The highest BCUT2D eigenvalue weighted by molar-refractivity contribution is 5.85. The van der Waals surface area contributed by atoms with Crippen molar-refractivity contribution in [2.45, 2.75) is 25.9 Å². The third-order valence-electron chi connectivity index (χ3n) is 4.71. The number of piperazine rings is 1. The molecule has 0 amide bonds. The summed E-state index contributed by atoms with van der Waals surface area (Å²) in [6.45, 7) is 5.66. The molecule has 1 aromatic carbocycles. The molecule has 1 saturated heterocycles. The maximum Gasteiger partial charge on any atom is 0.241 e. The molecule has 6 nitrogen and oxygen atoms in total. The van der Waals surface area contributed by atoms with Crippen LogP contribution in [0.3, 0.4) is 0 Å². The predicted octanol–water partition coefficient (Wildman–Crippen LogP) is 3.46. The summed E-state index contributed by atoms with van der Waals surface area (Å²) in [7, 11) is 0. The van der Waals surface area contributed by atoms with Gasteiger partial charge in [-0.1, -0.05) is 36.3 Å². The summed E-state index contributed by atoms with van der Waals surface area (Å²) < 4.78 is 10.5. The number of hydrogen-bond acceptors (Lipinski definition) is 6. The van der Waals surface area contributed by atoms with Gasteiger partial charge < -0.3 is 14.3 Å². The fourth-order valence-corrected chi connectivity index (χ4v) is 3.24. The van der Waals surface area contributed by atoms with Gasteiger partial charge in [-0.3, -0.25) is 4.90 Å². The summed E-state index contributed by atoms with van der Waals surface area (Å²) in [5.41, 5.74) is 3.52. The molecule has 3 heterocycles. The smallest absolute Gasteiger partial charge is 0.241 e. The van der Waals surface area contributed by atoms with Crippen molar-refractivity contribution >= 4 is 12.4 Å². The molecular formula is C19H23ClN4O2. The molecule has 1 fully saturated rings. The lowest BCUT2D eigenvalue weighted by molar-refractivity contribution is 0.135. The van der Waals surface area contributed by atoms with E-state index in [0.29, 0.717) is 24.3 Å². The molecule has 7 heteroatoms. The first-order chi connectivity index (χ1) is 12.3. The Morgan fingerprint density at radius 1 is 1.23 bits per heavy atom. The van der Waals surface area contributed by atoms with Crippen molar-refractivity contribution in [2.24, 2.45) is 0 Å². The SMILES string of the molecule is CCc1ccc(C2CNCCN2Cc2nc(-c3ccoc3)no2)cc1.Cl. The van der Waals surface area contributed by atoms with Crippen LogP contribution >= 0.6 is 12.4 Å². The van der Waals surface area contributed by atoms with Crippen molar-refractivity contribution in [3.05, 3.63) is 59.9 Å². The molecule has 138 valence electrons. The number of furan rings is 1. The van der Waals surface area contributed by atoms with Crippen LogP contribution in [-0.4, -0.2) is 34.7 Å². The van der Waals surface area contributed by atoms with Crippen molar-refractivity contribution in [3.8, 4) is 11.4 Å². The van der Waals surface area contributed by atoms with Crippen LogP contribution in [0.25, 0.3) is 11.4 Å². The summed E-state index contributed by atoms with van der Waals surface area (Å²) in [5.74, 6) is 1.20. The zero-order chi connectivity index (χ0) is 17.1. The minimum atomic E-state index is 0.